The fraction of sp³-hybridized carbons (Fsp3) is 0.412. The van der Waals surface area contributed by atoms with Crippen LogP contribution in [-0.4, -0.2) is 36.3 Å². The molecule has 6 nitrogen and oxygen atoms in total. The molecule has 1 saturated heterocycles. The van der Waals surface area contributed by atoms with Gasteiger partial charge in [0.2, 0.25) is 0 Å². The molecule has 1 aliphatic heterocycles. The summed E-state index contributed by atoms with van der Waals surface area (Å²) in [5.74, 6) is 3.12. The molecule has 0 spiro atoms. The fourth-order valence-electron chi connectivity index (χ4n) is 2.57. The van der Waals surface area contributed by atoms with Crippen molar-refractivity contribution < 1.29 is 9.47 Å². The molecule has 6 heteroatoms. The van der Waals surface area contributed by atoms with Crippen LogP contribution >= 0.6 is 0 Å². The summed E-state index contributed by atoms with van der Waals surface area (Å²) in [7, 11) is 1.65. The van der Waals surface area contributed by atoms with Crippen molar-refractivity contribution in [3.05, 3.63) is 36.2 Å². The molecule has 122 valence electrons. The van der Waals surface area contributed by atoms with E-state index < -0.39 is 0 Å². The maximum atomic E-state index is 5.62. The summed E-state index contributed by atoms with van der Waals surface area (Å²) in [6.07, 6.45) is 2.52. The van der Waals surface area contributed by atoms with Gasteiger partial charge in [-0.2, -0.15) is 0 Å². The first kappa shape index (κ1) is 15.6. The van der Waals surface area contributed by atoms with Crippen LogP contribution in [0.2, 0.25) is 0 Å². The number of ether oxygens (including phenoxy) is 2. The predicted molar refractivity (Wildman–Crippen MR) is 90.5 cm³/mol. The molecule has 23 heavy (non-hydrogen) atoms. The monoisotopic (exact) mass is 314 g/mol. The molecular formula is C17H22N4O2. The highest BCUT2D eigenvalue weighted by molar-refractivity contribution is 5.60. The highest BCUT2D eigenvalue weighted by Crippen LogP contribution is 2.21. The van der Waals surface area contributed by atoms with E-state index in [1.165, 1.54) is 0 Å². The highest BCUT2D eigenvalue weighted by Gasteiger charge is 2.15. The van der Waals surface area contributed by atoms with Crippen molar-refractivity contribution in [2.45, 2.75) is 25.9 Å². The van der Waals surface area contributed by atoms with Gasteiger partial charge in [0, 0.05) is 24.9 Å². The largest absolute Gasteiger partial charge is 0.497 e. The zero-order valence-electron chi connectivity index (χ0n) is 13.5. The highest BCUT2D eigenvalue weighted by atomic mass is 16.5. The molecule has 0 amide bonds. The molecule has 1 atom stereocenters. The first-order valence-electron chi connectivity index (χ1n) is 7.85. The summed E-state index contributed by atoms with van der Waals surface area (Å²) in [6, 6.07) is 9.64. The second-order valence-corrected chi connectivity index (χ2v) is 5.56. The molecule has 0 aliphatic carbocycles. The van der Waals surface area contributed by atoms with Crippen LogP contribution in [-0.2, 0) is 4.74 Å². The van der Waals surface area contributed by atoms with Gasteiger partial charge in [0.25, 0.3) is 0 Å². The van der Waals surface area contributed by atoms with Gasteiger partial charge in [-0.1, -0.05) is 0 Å². The normalized spacial score (nSPS) is 17.0. The predicted octanol–water partition coefficient (Wildman–Crippen LogP) is 3.13. The summed E-state index contributed by atoms with van der Waals surface area (Å²) >= 11 is 0. The molecule has 2 aromatic rings. The van der Waals surface area contributed by atoms with Crippen LogP contribution in [0.4, 0.5) is 17.3 Å². The van der Waals surface area contributed by atoms with Crippen molar-refractivity contribution in [2.24, 2.45) is 0 Å². The lowest BCUT2D eigenvalue weighted by molar-refractivity contribution is 0.120. The number of nitrogens with one attached hydrogen (secondary N) is 2. The lowest BCUT2D eigenvalue weighted by Crippen LogP contribution is -2.19. The third-order valence-corrected chi connectivity index (χ3v) is 3.74. The van der Waals surface area contributed by atoms with Gasteiger partial charge in [0.05, 0.1) is 13.2 Å². The SMILES string of the molecule is COc1ccc(Nc2cc(NCC3CCCO3)nc(C)n2)cc1. The zero-order valence-corrected chi connectivity index (χ0v) is 13.5. The van der Waals surface area contributed by atoms with Crippen LogP contribution in [0, 0.1) is 6.92 Å². The molecule has 0 saturated carbocycles. The van der Waals surface area contributed by atoms with Crippen molar-refractivity contribution in [2.75, 3.05) is 30.9 Å². The topological polar surface area (TPSA) is 68.3 Å². The van der Waals surface area contributed by atoms with Gasteiger partial charge < -0.3 is 20.1 Å². The van der Waals surface area contributed by atoms with Crippen LogP contribution in [0.1, 0.15) is 18.7 Å². The average Bonchev–Trinajstić information content (AvgIpc) is 3.07. The minimum Gasteiger partial charge on any atom is -0.497 e. The number of rotatable bonds is 6. The molecule has 0 radical (unpaired) electrons. The Bertz CT molecular complexity index is 640. The number of anilines is 3. The van der Waals surface area contributed by atoms with Gasteiger partial charge in [-0.05, 0) is 44.0 Å². The lowest BCUT2D eigenvalue weighted by atomic mass is 10.2. The van der Waals surface area contributed by atoms with E-state index in [0.717, 1.165) is 54.9 Å². The Morgan fingerprint density at radius 3 is 2.70 bits per heavy atom. The zero-order chi connectivity index (χ0) is 16.1. The molecule has 3 rings (SSSR count). The quantitative estimate of drug-likeness (QED) is 0.854. The standard InChI is InChI=1S/C17H22N4O2/c1-12-19-16(18-11-15-4-3-9-23-15)10-17(20-12)21-13-5-7-14(22-2)8-6-13/h5-8,10,15H,3-4,9,11H2,1-2H3,(H2,18,19,20,21). The molecule has 2 heterocycles. The maximum absolute atomic E-state index is 5.62. The number of hydrogen-bond acceptors (Lipinski definition) is 6. The Balaban J connectivity index is 1.66. The Hall–Kier alpha value is -2.34. The Morgan fingerprint density at radius 2 is 2.00 bits per heavy atom. The van der Waals surface area contributed by atoms with Crippen molar-refractivity contribution in [3.8, 4) is 5.75 Å². The third kappa shape index (κ3) is 4.32. The van der Waals surface area contributed by atoms with Crippen molar-refractivity contribution in [1.29, 1.82) is 0 Å². The van der Waals surface area contributed by atoms with E-state index >= 15 is 0 Å². The molecule has 1 aliphatic rings. The van der Waals surface area contributed by atoms with E-state index in [-0.39, 0.29) is 6.10 Å². The molecule has 2 N–H and O–H groups in total. The smallest absolute Gasteiger partial charge is 0.136 e. The van der Waals surface area contributed by atoms with Gasteiger partial charge in [0.15, 0.2) is 0 Å². The second-order valence-electron chi connectivity index (χ2n) is 5.56. The molecule has 1 unspecified atom stereocenters. The summed E-state index contributed by atoms with van der Waals surface area (Å²) in [6.45, 7) is 3.52. The molecule has 1 aromatic carbocycles. The van der Waals surface area contributed by atoms with Crippen LogP contribution in [0.25, 0.3) is 0 Å². The minimum absolute atomic E-state index is 0.281. The maximum Gasteiger partial charge on any atom is 0.136 e. The van der Waals surface area contributed by atoms with Gasteiger partial charge in [-0.15, -0.1) is 0 Å². The summed E-state index contributed by atoms with van der Waals surface area (Å²) in [4.78, 5) is 8.85. The van der Waals surface area contributed by atoms with Crippen molar-refractivity contribution >= 4 is 17.3 Å². The van der Waals surface area contributed by atoms with E-state index in [1.807, 2.05) is 37.3 Å². The third-order valence-electron chi connectivity index (χ3n) is 3.74. The first-order valence-corrected chi connectivity index (χ1v) is 7.85. The van der Waals surface area contributed by atoms with E-state index in [4.69, 9.17) is 9.47 Å². The van der Waals surface area contributed by atoms with Crippen molar-refractivity contribution in [3.63, 3.8) is 0 Å². The number of methoxy groups -OCH3 is 1. The molecule has 1 aromatic heterocycles. The van der Waals surface area contributed by atoms with Gasteiger partial charge in [-0.3, -0.25) is 0 Å². The number of aryl methyl sites for hydroxylation is 1. The van der Waals surface area contributed by atoms with Gasteiger partial charge >= 0.3 is 0 Å². The molecule has 1 fully saturated rings. The lowest BCUT2D eigenvalue weighted by Gasteiger charge is -2.13. The van der Waals surface area contributed by atoms with Gasteiger partial charge in [-0.25, -0.2) is 9.97 Å². The minimum atomic E-state index is 0.281. The average molecular weight is 314 g/mol. The number of benzene rings is 1. The van der Waals surface area contributed by atoms with Gasteiger partial charge in [0.1, 0.15) is 23.2 Å². The van der Waals surface area contributed by atoms with E-state index in [1.54, 1.807) is 7.11 Å². The number of hydrogen-bond donors (Lipinski definition) is 2. The molecule has 0 bridgehead atoms. The van der Waals surface area contributed by atoms with Crippen LogP contribution in [0.15, 0.2) is 30.3 Å². The Morgan fingerprint density at radius 1 is 1.22 bits per heavy atom. The van der Waals surface area contributed by atoms with Crippen LogP contribution in [0.5, 0.6) is 5.75 Å². The van der Waals surface area contributed by atoms with E-state index in [0.29, 0.717) is 0 Å². The summed E-state index contributed by atoms with van der Waals surface area (Å²) in [5, 5.41) is 6.62. The second kappa shape index (κ2) is 7.28. The first-order chi connectivity index (χ1) is 11.2. The van der Waals surface area contributed by atoms with E-state index in [2.05, 4.69) is 20.6 Å². The summed E-state index contributed by atoms with van der Waals surface area (Å²) in [5.41, 5.74) is 0.953. The van der Waals surface area contributed by atoms with Crippen molar-refractivity contribution in [1.82, 2.24) is 9.97 Å². The Labute approximate surface area is 136 Å². The number of nitrogens with zero attached hydrogens (tertiary/aromatic N) is 2. The van der Waals surface area contributed by atoms with Crippen LogP contribution in [0.3, 0.4) is 0 Å². The van der Waals surface area contributed by atoms with Crippen LogP contribution < -0.4 is 15.4 Å². The fourth-order valence-corrected chi connectivity index (χ4v) is 2.57. The van der Waals surface area contributed by atoms with E-state index in [9.17, 15) is 0 Å². The molecular weight excluding hydrogens is 292 g/mol. The number of aromatic nitrogens is 2. The summed E-state index contributed by atoms with van der Waals surface area (Å²) < 4.78 is 10.8. The Kier molecular flexibility index (Phi) is 4.92.